The molecule has 0 aliphatic carbocycles. The van der Waals surface area contributed by atoms with Gasteiger partial charge in [0.1, 0.15) is 0 Å². The predicted molar refractivity (Wildman–Crippen MR) is 87.0 cm³/mol. The van der Waals surface area contributed by atoms with Gasteiger partial charge in [0.2, 0.25) is 0 Å². The SMILES string of the molecule is CCCCOCCCC.CCCCOCCCC.[Mg]. The van der Waals surface area contributed by atoms with Crippen LogP contribution in [0.4, 0.5) is 0 Å². The molecule has 0 aromatic rings. The predicted octanol–water partition coefficient (Wildman–Crippen LogP) is 4.83. The van der Waals surface area contributed by atoms with Gasteiger partial charge < -0.3 is 9.47 Å². The molecule has 0 atom stereocenters. The second-order valence-electron chi connectivity index (χ2n) is 4.64. The lowest BCUT2D eigenvalue weighted by Crippen LogP contribution is -1.95. The third-order valence-corrected chi connectivity index (χ3v) is 2.57. The first-order chi connectivity index (χ1) is 8.83. The molecule has 0 aliphatic heterocycles. The number of ether oxygens (including phenoxy) is 2. The maximum atomic E-state index is 5.31. The minimum absolute atomic E-state index is 0. The Hall–Kier alpha value is 0.686. The van der Waals surface area contributed by atoms with Crippen molar-refractivity contribution in [2.45, 2.75) is 79.1 Å². The Bertz CT molecular complexity index is 95.3. The van der Waals surface area contributed by atoms with E-state index >= 15 is 0 Å². The van der Waals surface area contributed by atoms with E-state index < -0.39 is 0 Å². The first kappa shape index (κ1) is 24.7. The fraction of sp³-hybridized carbons (Fsp3) is 1.00. The van der Waals surface area contributed by atoms with E-state index in [-0.39, 0.29) is 23.1 Å². The average Bonchev–Trinajstić information content (AvgIpc) is 2.39. The van der Waals surface area contributed by atoms with Gasteiger partial charge >= 0.3 is 0 Å². The van der Waals surface area contributed by atoms with Crippen molar-refractivity contribution >= 4 is 23.1 Å². The minimum atomic E-state index is 0. The summed E-state index contributed by atoms with van der Waals surface area (Å²) in [6, 6.07) is 0. The summed E-state index contributed by atoms with van der Waals surface area (Å²) in [6.45, 7) is 12.6. The fourth-order valence-electron chi connectivity index (χ4n) is 1.19. The highest BCUT2D eigenvalue weighted by atomic mass is 24.3. The van der Waals surface area contributed by atoms with E-state index in [1.165, 1.54) is 51.4 Å². The van der Waals surface area contributed by atoms with Gasteiger partial charge in [0.25, 0.3) is 0 Å². The van der Waals surface area contributed by atoms with Crippen LogP contribution in [-0.2, 0) is 9.47 Å². The largest absolute Gasteiger partial charge is 0.381 e. The molecule has 0 aliphatic rings. The van der Waals surface area contributed by atoms with Gasteiger partial charge in [0.15, 0.2) is 0 Å². The summed E-state index contributed by atoms with van der Waals surface area (Å²) in [5.74, 6) is 0. The van der Waals surface area contributed by atoms with Crippen LogP contribution in [0.15, 0.2) is 0 Å². The van der Waals surface area contributed by atoms with E-state index in [0.717, 1.165) is 26.4 Å². The summed E-state index contributed by atoms with van der Waals surface area (Å²) in [5, 5.41) is 0. The number of hydrogen-bond donors (Lipinski definition) is 0. The van der Waals surface area contributed by atoms with Crippen molar-refractivity contribution < 1.29 is 9.47 Å². The van der Waals surface area contributed by atoms with E-state index in [2.05, 4.69) is 27.7 Å². The molecule has 3 heteroatoms. The number of rotatable bonds is 12. The summed E-state index contributed by atoms with van der Waals surface area (Å²) >= 11 is 0. The first-order valence-corrected chi connectivity index (χ1v) is 7.98. The van der Waals surface area contributed by atoms with Crippen molar-refractivity contribution in [3.8, 4) is 0 Å². The fourth-order valence-corrected chi connectivity index (χ4v) is 1.19. The van der Waals surface area contributed by atoms with Crippen LogP contribution in [0.5, 0.6) is 0 Å². The lowest BCUT2D eigenvalue weighted by molar-refractivity contribution is 0.128. The molecule has 0 fully saturated rings. The Morgan fingerprint density at radius 2 is 0.684 bits per heavy atom. The van der Waals surface area contributed by atoms with Crippen LogP contribution in [-0.4, -0.2) is 49.5 Å². The van der Waals surface area contributed by atoms with Crippen molar-refractivity contribution in [3.05, 3.63) is 0 Å². The minimum Gasteiger partial charge on any atom is -0.381 e. The lowest BCUT2D eigenvalue weighted by Gasteiger charge is -1.99. The first-order valence-electron chi connectivity index (χ1n) is 7.98. The normalized spacial score (nSPS) is 9.47. The number of unbranched alkanes of at least 4 members (excludes halogenated alkanes) is 4. The molecule has 0 rings (SSSR count). The summed E-state index contributed by atoms with van der Waals surface area (Å²) in [7, 11) is 0. The Balaban J connectivity index is -0.000000256. The molecule has 0 saturated carbocycles. The monoisotopic (exact) mass is 284 g/mol. The highest BCUT2D eigenvalue weighted by molar-refractivity contribution is 5.75. The summed E-state index contributed by atoms with van der Waals surface area (Å²) in [4.78, 5) is 0. The van der Waals surface area contributed by atoms with Crippen molar-refractivity contribution in [1.82, 2.24) is 0 Å². The molecule has 0 aromatic heterocycles. The molecule has 2 radical (unpaired) electrons. The van der Waals surface area contributed by atoms with Gasteiger partial charge in [-0.05, 0) is 25.7 Å². The maximum Gasteiger partial charge on any atom is 0.0465 e. The van der Waals surface area contributed by atoms with Crippen LogP contribution < -0.4 is 0 Å². The van der Waals surface area contributed by atoms with Gasteiger partial charge in [-0.2, -0.15) is 0 Å². The topological polar surface area (TPSA) is 18.5 Å². The summed E-state index contributed by atoms with van der Waals surface area (Å²) < 4.78 is 10.6. The molecule has 0 bridgehead atoms. The van der Waals surface area contributed by atoms with Gasteiger partial charge in [-0.3, -0.25) is 0 Å². The van der Waals surface area contributed by atoms with E-state index in [4.69, 9.17) is 9.47 Å². The molecule has 0 N–H and O–H groups in total. The molecule has 0 unspecified atom stereocenters. The molecule has 19 heavy (non-hydrogen) atoms. The van der Waals surface area contributed by atoms with Gasteiger partial charge in [-0.25, -0.2) is 0 Å². The van der Waals surface area contributed by atoms with Crippen LogP contribution in [0.1, 0.15) is 79.1 Å². The Labute approximate surface area is 138 Å². The maximum absolute atomic E-state index is 5.31. The third kappa shape index (κ3) is 32.3. The van der Waals surface area contributed by atoms with Crippen molar-refractivity contribution in [2.75, 3.05) is 26.4 Å². The zero-order valence-electron chi connectivity index (χ0n) is 14.0. The molecule has 0 saturated heterocycles. The molecule has 0 aromatic carbocycles. The molecule has 2 nitrogen and oxygen atoms in total. The number of hydrogen-bond acceptors (Lipinski definition) is 2. The zero-order chi connectivity index (χ0) is 13.9. The zero-order valence-corrected chi connectivity index (χ0v) is 15.4. The van der Waals surface area contributed by atoms with Crippen LogP contribution >= 0.6 is 0 Å². The highest BCUT2D eigenvalue weighted by Crippen LogP contribution is 1.92. The van der Waals surface area contributed by atoms with Gasteiger partial charge in [-0.1, -0.05) is 53.4 Å². The Kier molecular flexibility index (Phi) is 35.2. The Morgan fingerprint density at radius 3 is 0.842 bits per heavy atom. The second kappa shape index (κ2) is 27.1. The van der Waals surface area contributed by atoms with Crippen LogP contribution in [0, 0.1) is 0 Å². The molecular formula is C16H36MgO2. The van der Waals surface area contributed by atoms with Crippen LogP contribution in [0.2, 0.25) is 0 Å². The Morgan fingerprint density at radius 1 is 0.474 bits per heavy atom. The average molecular weight is 285 g/mol. The van der Waals surface area contributed by atoms with Crippen LogP contribution in [0.3, 0.4) is 0 Å². The lowest BCUT2D eigenvalue weighted by atomic mass is 10.3. The van der Waals surface area contributed by atoms with E-state index in [0.29, 0.717) is 0 Å². The third-order valence-electron chi connectivity index (χ3n) is 2.57. The van der Waals surface area contributed by atoms with Crippen molar-refractivity contribution in [3.63, 3.8) is 0 Å². The van der Waals surface area contributed by atoms with Gasteiger partial charge in [0, 0.05) is 49.5 Å². The molecule has 0 spiro atoms. The second-order valence-corrected chi connectivity index (χ2v) is 4.64. The molecule has 0 amide bonds. The quantitative estimate of drug-likeness (QED) is 0.378. The standard InChI is InChI=1S/2C8H18O.Mg/c2*1-3-5-7-9-8-6-4-2;/h2*3-8H2,1-2H3;. The summed E-state index contributed by atoms with van der Waals surface area (Å²) in [5.41, 5.74) is 0. The van der Waals surface area contributed by atoms with E-state index in [1.807, 2.05) is 0 Å². The van der Waals surface area contributed by atoms with Gasteiger partial charge in [-0.15, -0.1) is 0 Å². The molecular weight excluding hydrogens is 248 g/mol. The van der Waals surface area contributed by atoms with Gasteiger partial charge in [0.05, 0.1) is 0 Å². The van der Waals surface area contributed by atoms with Crippen molar-refractivity contribution in [1.29, 1.82) is 0 Å². The van der Waals surface area contributed by atoms with E-state index in [9.17, 15) is 0 Å². The van der Waals surface area contributed by atoms with E-state index in [1.54, 1.807) is 0 Å². The highest BCUT2D eigenvalue weighted by Gasteiger charge is 1.85. The smallest absolute Gasteiger partial charge is 0.0465 e. The van der Waals surface area contributed by atoms with Crippen molar-refractivity contribution in [2.24, 2.45) is 0 Å². The van der Waals surface area contributed by atoms with Crippen LogP contribution in [0.25, 0.3) is 0 Å². The molecule has 114 valence electrons. The molecule has 0 heterocycles. The summed E-state index contributed by atoms with van der Waals surface area (Å²) in [6.07, 6.45) is 9.82.